The first-order valence-corrected chi connectivity index (χ1v) is 31.6. The summed E-state index contributed by atoms with van der Waals surface area (Å²) >= 11 is 0. The Labute approximate surface area is 470 Å². The van der Waals surface area contributed by atoms with Gasteiger partial charge in [0.1, 0.15) is 36.5 Å². The van der Waals surface area contributed by atoms with Crippen molar-refractivity contribution in [2.45, 2.75) is 319 Å². The van der Waals surface area contributed by atoms with E-state index in [1.54, 1.807) is 0 Å². The summed E-state index contributed by atoms with van der Waals surface area (Å²) in [5.41, 5.74) is 0. The fourth-order valence-electron chi connectivity index (χ4n) is 10.0. The second kappa shape index (κ2) is 42.4. The number of rotatable bonds is 46. The van der Waals surface area contributed by atoms with Crippen molar-refractivity contribution in [2.24, 2.45) is 0 Å². The molecule has 464 valence electrons. The number of unbranched alkanes of at least 4 members (excludes halogenated alkanes) is 20. The van der Waals surface area contributed by atoms with Gasteiger partial charge in [-0.1, -0.05) is 182 Å². The molecule has 0 unspecified atom stereocenters. The van der Waals surface area contributed by atoms with Crippen LogP contribution in [0.1, 0.15) is 233 Å². The largest absolute Gasteiger partial charge is 0.472 e. The summed E-state index contributed by atoms with van der Waals surface area (Å²) in [6, 6.07) is -3.44. The lowest BCUT2D eigenvalue weighted by Gasteiger charge is -2.46. The van der Waals surface area contributed by atoms with Crippen molar-refractivity contribution in [1.82, 2.24) is 10.6 Å². The molecule has 2 fully saturated rings. The van der Waals surface area contributed by atoms with Crippen LogP contribution in [-0.2, 0) is 52.0 Å². The second-order valence-electron chi connectivity index (χ2n) is 21.9. The number of hydrogen-bond acceptors (Lipinski definition) is 18. The van der Waals surface area contributed by atoms with Crippen LogP contribution in [0.2, 0.25) is 0 Å². The van der Waals surface area contributed by atoms with Gasteiger partial charge in [0, 0.05) is 0 Å². The molecule has 0 bridgehead atoms. The van der Waals surface area contributed by atoms with Crippen molar-refractivity contribution in [3.8, 4) is 0 Å². The molecule has 2 rings (SSSR count). The number of aliphatic hydroxyl groups excluding tert-OH is 7. The molecule has 22 nitrogen and oxygen atoms in total. The molecular formula is C56H105N2O20P. The number of hydrogen-bond donors (Lipinski definition) is 11. The van der Waals surface area contributed by atoms with E-state index < -0.39 is 156 Å². The Hall–Kier alpha value is -2.41. The van der Waals surface area contributed by atoms with Gasteiger partial charge in [0.15, 0.2) is 24.8 Å². The molecule has 0 aliphatic carbocycles. The molecule has 0 spiro atoms. The number of phosphoric acid groups is 1. The highest BCUT2D eigenvalue weighted by atomic mass is 31.2. The second-order valence-corrected chi connectivity index (χ2v) is 23.1. The summed E-state index contributed by atoms with van der Waals surface area (Å²) in [6.07, 6.45) is 2.40. The molecule has 2 amide bonds. The summed E-state index contributed by atoms with van der Waals surface area (Å²) in [4.78, 5) is 74.5. The van der Waals surface area contributed by atoms with Crippen LogP contribution in [0.25, 0.3) is 0 Å². The average Bonchev–Trinajstić information content (AvgIpc) is 3.38. The number of carbonyl (C=O) groups is 4. The molecule has 0 saturated carbocycles. The maximum absolute atomic E-state index is 13.7. The molecule has 0 radical (unpaired) electrons. The zero-order valence-corrected chi connectivity index (χ0v) is 49.0. The van der Waals surface area contributed by atoms with Crippen LogP contribution < -0.4 is 10.6 Å². The fourth-order valence-corrected chi connectivity index (χ4v) is 10.5. The normalized spacial score (nSPS) is 25.0. The highest BCUT2D eigenvalue weighted by Crippen LogP contribution is 2.41. The Morgan fingerprint density at radius 3 is 1.15 bits per heavy atom. The minimum Gasteiger partial charge on any atom is -0.457 e. The number of esters is 2. The van der Waals surface area contributed by atoms with E-state index in [0.29, 0.717) is 32.1 Å². The van der Waals surface area contributed by atoms with Crippen molar-refractivity contribution in [3.63, 3.8) is 0 Å². The molecule has 0 aromatic heterocycles. The summed E-state index contributed by atoms with van der Waals surface area (Å²) in [6.45, 7) is 6.65. The first-order chi connectivity index (χ1) is 37.8. The predicted molar refractivity (Wildman–Crippen MR) is 294 cm³/mol. The van der Waals surface area contributed by atoms with Gasteiger partial charge in [0.05, 0.1) is 63.3 Å². The van der Waals surface area contributed by atoms with Crippen LogP contribution in [0.5, 0.6) is 0 Å². The van der Waals surface area contributed by atoms with Gasteiger partial charge >= 0.3 is 19.8 Å². The van der Waals surface area contributed by atoms with E-state index in [1.807, 2.05) is 0 Å². The number of nitrogens with one attached hydrogen (secondary N) is 2. The molecule has 2 aliphatic heterocycles. The standard InChI is InChI=1S/C56H105N2O20P/c1-5-9-13-17-19-23-27-29-39(60)33-45(64)57-49-53(76-47(66)35-41(62)31-25-21-15-11-7-3)51(68)43(37-59)74-55(49)73-38-44-52(69)54(77-48(67)36-42(63)32-26-22-16-12-8-4)50(56(75-44)78-79(70,71)72)58-46(65)34-40(61)30-28-24-20-18-14-10-6-2/h39-44,49-56,59-63,68-69H,5-38H2,1-4H3,(H,57,64)(H,58,65)(H2,70,71,72)/t39-,40-,41-,42-,43-,44-,49-,50-,51-,52-,53-,54-,55-,56-/m1/s1. The zero-order valence-electron chi connectivity index (χ0n) is 48.1. The van der Waals surface area contributed by atoms with Crippen molar-refractivity contribution in [3.05, 3.63) is 0 Å². The van der Waals surface area contributed by atoms with E-state index in [2.05, 4.69) is 38.3 Å². The first-order valence-electron chi connectivity index (χ1n) is 30.1. The molecule has 79 heavy (non-hydrogen) atoms. The average molecular weight is 1160 g/mol. The van der Waals surface area contributed by atoms with E-state index >= 15 is 0 Å². The summed E-state index contributed by atoms with van der Waals surface area (Å²) in [5, 5.41) is 82.2. The van der Waals surface area contributed by atoms with Gasteiger partial charge in [-0.15, -0.1) is 0 Å². The number of amides is 2. The van der Waals surface area contributed by atoms with Crippen molar-refractivity contribution in [2.75, 3.05) is 13.2 Å². The van der Waals surface area contributed by atoms with Gasteiger partial charge in [-0.2, -0.15) is 0 Å². The molecule has 14 atom stereocenters. The number of phosphoric ester groups is 1. The lowest BCUT2D eigenvalue weighted by molar-refractivity contribution is -0.298. The van der Waals surface area contributed by atoms with Crippen LogP contribution in [-0.4, -0.2) is 168 Å². The number of carbonyl (C=O) groups excluding carboxylic acids is 4. The molecule has 2 aliphatic rings. The van der Waals surface area contributed by atoms with Gasteiger partial charge in [-0.05, 0) is 25.7 Å². The molecular weight excluding hydrogens is 1050 g/mol. The molecule has 2 saturated heterocycles. The van der Waals surface area contributed by atoms with Crippen LogP contribution in [0.15, 0.2) is 0 Å². The van der Waals surface area contributed by atoms with E-state index in [1.165, 1.54) is 0 Å². The Morgan fingerprint density at radius 2 is 0.797 bits per heavy atom. The van der Waals surface area contributed by atoms with E-state index in [9.17, 15) is 69.3 Å². The topological polar surface area (TPSA) is 347 Å². The zero-order chi connectivity index (χ0) is 58.6. The molecule has 23 heteroatoms. The third kappa shape index (κ3) is 31.7. The Kier molecular flexibility index (Phi) is 39.0. The Balaban J connectivity index is 2.48. The summed E-state index contributed by atoms with van der Waals surface area (Å²) < 4.78 is 46.9. The quantitative estimate of drug-likeness (QED) is 0.0187. The van der Waals surface area contributed by atoms with Gasteiger partial charge in [0.25, 0.3) is 0 Å². The third-order valence-electron chi connectivity index (χ3n) is 14.6. The maximum atomic E-state index is 13.7. The van der Waals surface area contributed by atoms with Gasteiger partial charge < -0.3 is 79.9 Å². The lowest BCUT2D eigenvalue weighted by Crippen LogP contribution is -2.67. The monoisotopic (exact) mass is 1160 g/mol. The highest BCUT2D eigenvalue weighted by Gasteiger charge is 2.53. The van der Waals surface area contributed by atoms with Gasteiger partial charge in [-0.3, -0.25) is 23.7 Å². The molecule has 0 aromatic rings. The summed E-state index contributed by atoms with van der Waals surface area (Å²) in [7, 11) is -5.53. The minimum absolute atomic E-state index is 0.239. The minimum atomic E-state index is -5.53. The van der Waals surface area contributed by atoms with Crippen LogP contribution in [0.3, 0.4) is 0 Å². The molecule has 0 aromatic carbocycles. The molecule has 2 heterocycles. The van der Waals surface area contributed by atoms with Gasteiger partial charge in [0.2, 0.25) is 11.8 Å². The van der Waals surface area contributed by atoms with E-state index in [4.69, 9.17) is 28.2 Å². The smallest absolute Gasteiger partial charge is 0.457 e. The molecule has 11 N–H and O–H groups in total. The Morgan fingerprint density at radius 1 is 0.481 bits per heavy atom. The first kappa shape index (κ1) is 72.7. The lowest BCUT2D eigenvalue weighted by atomic mass is 9.95. The van der Waals surface area contributed by atoms with Crippen molar-refractivity contribution < 1.29 is 97.5 Å². The summed E-state index contributed by atoms with van der Waals surface area (Å²) in [5.74, 6) is -3.66. The third-order valence-corrected chi connectivity index (χ3v) is 15.1. The SMILES string of the molecule is CCCCCCCCC[C@@H](O)CC(=O)N[C@H]1[C@H](OC[C@H]2O[C@H](OP(=O)(O)O)[C@H](NC(=O)C[C@H](O)CCCCCCCCC)[C@@H](OC(=O)C[C@H](O)CCCCCCC)[C@@H]2O)O[C@H](CO)[C@@H](O)[C@@H]1OC(=O)C[C@H](O)CCCCCCC. The number of aliphatic hydroxyl groups is 7. The number of ether oxygens (including phenoxy) is 5. The van der Waals surface area contributed by atoms with Crippen LogP contribution >= 0.6 is 7.82 Å². The van der Waals surface area contributed by atoms with Crippen molar-refractivity contribution >= 4 is 31.6 Å². The Bertz CT molecular complexity index is 1680. The maximum Gasteiger partial charge on any atom is 0.472 e. The fraction of sp³-hybridized carbons (Fsp3) is 0.929. The van der Waals surface area contributed by atoms with Crippen LogP contribution in [0, 0.1) is 0 Å². The van der Waals surface area contributed by atoms with Crippen LogP contribution in [0.4, 0.5) is 0 Å². The highest BCUT2D eigenvalue weighted by molar-refractivity contribution is 7.46. The van der Waals surface area contributed by atoms with E-state index in [-0.39, 0.29) is 19.3 Å². The van der Waals surface area contributed by atoms with E-state index in [0.717, 1.165) is 128 Å². The van der Waals surface area contributed by atoms with Gasteiger partial charge in [-0.25, -0.2) is 4.57 Å². The predicted octanol–water partition coefficient (Wildman–Crippen LogP) is 6.08. The van der Waals surface area contributed by atoms with Crippen molar-refractivity contribution in [1.29, 1.82) is 0 Å².